The SMILES string of the molecule is CCC(CC)N1CC(C(=O)N(C)C(C)C(=O)O)CC1=O. The molecule has 0 saturated carbocycles. The molecule has 0 aliphatic carbocycles. The summed E-state index contributed by atoms with van der Waals surface area (Å²) in [5.74, 6) is -1.73. The van der Waals surface area contributed by atoms with Crippen LogP contribution in [0.2, 0.25) is 0 Å². The van der Waals surface area contributed by atoms with Crippen molar-refractivity contribution in [1.82, 2.24) is 9.80 Å². The maximum atomic E-state index is 12.3. The van der Waals surface area contributed by atoms with E-state index in [0.29, 0.717) is 6.54 Å². The fourth-order valence-corrected chi connectivity index (χ4v) is 2.62. The van der Waals surface area contributed by atoms with E-state index >= 15 is 0 Å². The Balaban J connectivity index is 2.73. The number of hydrogen-bond acceptors (Lipinski definition) is 3. The van der Waals surface area contributed by atoms with Crippen LogP contribution in [0, 0.1) is 5.92 Å². The van der Waals surface area contributed by atoms with Crippen molar-refractivity contribution < 1.29 is 19.5 Å². The van der Waals surface area contributed by atoms with Gasteiger partial charge in [-0.3, -0.25) is 9.59 Å². The third-order valence-corrected chi connectivity index (χ3v) is 4.18. The largest absolute Gasteiger partial charge is 0.480 e. The minimum atomic E-state index is -1.04. The van der Waals surface area contributed by atoms with Gasteiger partial charge in [-0.2, -0.15) is 0 Å². The van der Waals surface area contributed by atoms with Crippen molar-refractivity contribution in [3.05, 3.63) is 0 Å². The summed E-state index contributed by atoms with van der Waals surface area (Å²) in [4.78, 5) is 38.2. The average Bonchev–Trinajstić information content (AvgIpc) is 2.80. The Hall–Kier alpha value is -1.59. The van der Waals surface area contributed by atoms with Crippen molar-refractivity contribution in [3.63, 3.8) is 0 Å². The second kappa shape index (κ2) is 6.72. The average molecular weight is 284 g/mol. The first kappa shape index (κ1) is 16.5. The van der Waals surface area contributed by atoms with Gasteiger partial charge < -0.3 is 14.9 Å². The normalized spacial score (nSPS) is 20.4. The van der Waals surface area contributed by atoms with Crippen LogP contribution in [-0.2, 0) is 14.4 Å². The van der Waals surface area contributed by atoms with Crippen LogP contribution in [0.25, 0.3) is 0 Å². The van der Waals surface area contributed by atoms with E-state index in [9.17, 15) is 14.4 Å². The molecular weight excluding hydrogens is 260 g/mol. The standard InChI is InChI=1S/C14H24N2O4/c1-5-11(6-2)16-8-10(7-12(16)17)13(18)15(4)9(3)14(19)20/h9-11H,5-8H2,1-4H3,(H,19,20). The molecule has 1 N–H and O–H groups in total. The molecule has 0 spiro atoms. The Kier molecular flexibility index (Phi) is 5.53. The number of carboxylic acid groups (broad SMARTS) is 1. The van der Waals surface area contributed by atoms with Crippen molar-refractivity contribution in [2.75, 3.05) is 13.6 Å². The molecule has 1 aliphatic heterocycles. The zero-order valence-corrected chi connectivity index (χ0v) is 12.6. The van der Waals surface area contributed by atoms with E-state index in [-0.39, 0.29) is 24.3 Å². The summed E-state index contributed by atoms with van der Waals surface area (Å²) >= 11 is 0. The summed E-state index contributed by atoms with van der Waals surface area (Å²) in [6.45, 7) is 5.92. The number of likely N-dealkylation sites (tertiary alicyclic amines) is 1. The first-order valence-electron chi connectivity index (χ1n) is 7.12. The van der Waals surface area contributed by atoms with Crippen LogP contribution in [0.5, 0.6) is 0 Å². The lowest BCUT2D eigenvalue weighted by Crippen LogP contribution is -2.44. The van der Waals surface area contributed by atoms with Crippen LogP contribution in [0.15, 0.2) is 0 Å². The highest BCUT2D eigenvalue weighted by Crippen LogP contribution is 2.24. The van der Waals surface area contributed by atoms with Gasteiger partial charge in [0.15, 0.2) is 0 Å². The molecule has 1 fully saturated rings. The van der Waals surface area contributed by atoms with E-state index in [1.807, 2.05) is 13.8 Å². The molecule has 0 bridgehead atoms. The molecule has 0 aromatic rings. The van der Waals surface area contributed by atoms with Gasteiger partial charge in [-0.1, -0.05) is 13.8 Å². The van der Waals surface area contributed by atoms with E-state index in [4.69, 9.17) is 5.11 Å². The van der Waals surface area contributed by atoms with Crippen LogP contribution in [0.3, 0.4) is 0 Å². The molecule has 1 saturated heterocycles. The van der Waals surface area contributed by atoms with Crippen LogP contribution < -0.4 is 0 Å². The molecule has 0 aromatic carbocycles. The topological polar surface area (TPSA) is 77.9 Å². The minimum Gasteiger partial charge on any atom is -0.480 e. The fraction of sp³-hybridized carbons (Fsp3) is 0.786. The van der Waals surface area contributed by atoms with Crippen LogP contribution in [-0.4, -0.2) is 58.4 Å². The number of carbonyl (C=O) groups excluding carboxylic acids is 2. The zero-order chi connectivity index (χ0) is 15.4. The Labute approximate surface area is 119 Å². The van der Waals surface area contributed by atoms with Crippen LogP contribution >= 0.6 is 0 Å². The summed E-state index contributed by atoms with van der Waals surface area (Å²) in [7, 11) is 1.48. The quantitative estimate of drug-likeness (QED) is 0.788. The summed E-state index contributed by atoms with van der Waals surface area (Å²) in [5, 5.41) is 8.94. The molecule has 1 heterocycles. The highest BCUT2D eigenvalue weighted by atomic mass is 16.4. The monoisotopic (exact) mass is 284 g/mol. The molecular formula is C14H24N2O4. The maximum Gasteiger partial charge on any atom is 0.326 e. The maximum absolute atomic E-state index is 12.3. The molecule has 2 amide bonds. The molecule has 6 heteroatoms. The van der Waals surface area contributed by atoms with Gasteiger partial charge in [0, 0.05) is 26.1 Å². The Morgan fingerprint density at radius 2 is 1.95 bits per heavy atom. The van der Waals surface area contributed by atoms with Crippen LogP contribution in [0.4, 0.5) is 0 Å². The third-order valence-electron chi connectivity index (χ3n) is 4.18. The predicted octanol–water partition coefficient (Wildman–Crippen LogP) is 0.955. The van der Waals surface area contributed by atoms with E-state index in [0.717, 1.165) is 12.8 Å². The molecule has 0 radical (unpaired) electrons. The first-order chi connectivity index (χ1) is 9.33. The van der Waals surface area contributed by atoms with E-state index < -0.39 is 17.9 Å². The molecule has 6 nitrogen and oxygen atoms in total. The van der Waals surface area contributed by atoms with Crippen molar-refractivity contribution in [2.45, 2.75) is 52.1 Å². The number of amides is 2. The van der Waals surface area contributed by atoms with Gasteiger partial charge in [0.05, 0.1) is 5.92 Å². The first-order valence-corrected chi connectivity index (χ1v) is 7.12. The van der Waals surface area contributed by atoms with Gasteiger partial charge in [0.2, 0.25) is 11.8 Å². The third kappa shape index (κ3) is 3.29. The zero-order valence-electron chi connectivity index (χ0n) is 12.6. The van der Waals surface area contributed by atoms with Gasteiger partial charge in [-0.05, 0) is 19.8 Å². The minimum absolute atomic E-state index is 0.00609. The second-order valence-corrected chi connectivity index (χ2v) is 5.38. The predicted molar refractivity (Wildman–Crippen MR) is 74.1 cm³/mol. The summed E-state index contributed by atoms with van der Waals surface area (Å²) in [6, 6.07) is -0.706. The molecule has 114 valence electrons. The summed E-state index contributed by atoms with van der Waals surface area (Å²) in [6.07, 6.45) is 1.92. The van der Waals surface area contributed by atoms with Crippen molar-refractivity contribution in [3.8, 4) is 0 Å². The van der Waals surface area contributed by atoms with Crippen LogP contribution in [0.1, 0.15) is 40.0 Å². The Morgan fingerprint density at radius 1 is 1.40 bits per heavy atom. The van der Waals surface area contributed by atoms with Crippen molar-refractivity contribution >= 4 is 17.8 Å². The lowest BCUT2D eigenvalue weighted by atomic mass is 10.1. The molecule has 1 aliphatic rings. The van der Waals surface area contributed by atoms with Crippen molar-refractivity contribution in [2.24, 2.45) is 5.92 Å². The lowest BCUT2D eigenvalue weighted by molar-refractivity contribution is -0.149. The molecule has 20 heavy (non-hydrogen) atoms. The highest BCUT2D eigenvalue weighted by Gasteiger charge is 2.39. The number of nitrogens with zero attached hydrogens (tertiary/aromatic N) is 2. The Morgan fingerprint density at radius 3 is 2.40 bits per heavy atom. The molecule has 2 atom stereocenters. The van der Waals surface area contributed by atoms with Gasteiger partial charge >= 0.3 is 5.97 Å². The number of hydrogen-bond donors (Lipinski definition) is 1. The second-order valence-electron chi connectivity index (χ2n) is 5.38. The van der Waals surface area contributed by atoms with Gasteiger partial charge in [-0.15, -0.1) is 0 Å². The number of aliphatic carboxylic acids is 1. The lowest BCUT2D eigenvalue weighted by Gasteiger charge is -2.27. The van der Waals surface area contributed by atoms with Gasteiger partial charge in [-0.25, -0.2) is 4.79 Å². The summed E-state index contributed by atoms with van der Waals surface area (Å²) < 4.78 is 0. The molecule has 1 rings (SSSR count). The number of likely N-dealkylation sites (N-methyl/N-ethyl adjacent to an activating group) is 1. The number of rotatable bonds is 6. The van der Waals surface area contributed by atoms with E-state index in [1.165, 1.54) is 18.9 Å². The molecule has 0 aromatic heterocycles. The van der Waals surface area contributed by atoms with Gasteiger partial charge in [0.1, 0.15) is 6.04 Å². The summed E-state index contributed by atoms with van der Waals surface area (Å²) in [5.41, 5.74) is 0. The fourth-order valence-electron chi connectivity index (χ4n) is 2.62. The van der Waals surface area contributed by atoms with Crippen molar-refractivity contribution in [1.29, 1.82) is 0 Å². The highest BCUT2D eigenvalue weighted by molar-refractivity contribution is 5.91. The number of carboxylic acids is 1. The molecule has 2 unspecified atom stereocenters. The van der Waals surface area contributed by atoms with Gasteiger partial charge in [0.25, 0.3) is 0 Å². The Bertz CT molecular complexity index is 393. The smallest absolute Gasteiger partial charge is 0.326 e. The van der Waals surface area contributed by atoms with E-state index in [1.54, 1.807) is 4.90 Å². The van der Waals surface area contributed by atoms with E-state index in [2.05, 4.69) is 0 Å². The number of carbonyl (C=O) groups is 3.